The van der Waals surface area contributed by atoms with E-state index in [4.69, 9.17) is 9.47 Å². The van der Waals surface area contributed by atoms with E-state index in [2.05, 4.69) is 21.0 Å². The number of ether oxygens (including phenoxy) is 2. The Bertz CT molecular complexity index is 618. The minimum atomic E-state index is -1.20. The molecule has 0 fully saturated rings. The highest BCUT2D eigenvalue weighted by Gasteiger charge is 2.25. The van der Waals surface area contributed by atoms with Crippen molar-refractivity contribution in [1.29, 1.82) is 0 Å². The fourth-order valence-corrected chi connectivity index (χ4v) is 2.61. The van der Waals surface area contributed by atoms with Crippen molar-refractivity contribution in [3.63, 3.8) is 0 Å². The van der Waals surface area contributed by atoms with Crippen molar-refractivity contribution < 1.29 is 19.0 Å². The SMILES string of the molecule is COCCn1ncc(Br)c1C(O)c1c(F)cccc1OC. The van der Waals surface area contributed by atoms with Crippen LogP contribution in [0.15, 0.2) is 28.9 Å². The summed E-state index contributed by atoms with van der Waals surface area (Å²) in [5, 5.41) is 14.7. The molecule has 0 spiro atoms. The zero-order valence-electron chi connectivity index (χ0n) is 11.7. The molecule has 0 saturated carbocycles. The van der Waals surface area contributed by atoms with Gasteiger partial charge in [0, 0.05) is 7.11 Å². The molecule has 0 saturated heterocycles. The van der Waals surface area contributed by atoms with E-state index >= 15 is 0 Å². The molecule has 0 bridgehead atoms. The third kappa shape index (κ3) is 3.25. The molecule has 21 heavy (non-hydrogen) atoms. The van der Waals surface area contributed by atoms with Gasteiger partial charge < -0.3 is 14.6 Å². The number of nitrogens with zero attached hydrogens (tertiary/aromatic N) is 2. The van der Waals surface area contributed by atoms with E-state index in [1.807, 2.05) is 0 Å². The fourth-order valence-electron chi connectivity index (χ4n) is 2.10. The summed E-state index contributed by atoms with van der Waals surface area (Å²) in [7, 11) is 3.01. The van der Waals surface area contributed by atoms with Crippen molar-refractivity contribution in [3.8, 4) is 5.75 Å². The van der Waals surface area contributed by atoms with Crippen LogP contribution in [0.2, 0.25) is 0 Å². The highest BCUT2D eigenvalue weighted by molar-refractivity contribution is 9.10. The molecule has 1 aromatic heterocycles. The number of hydrogen-bond acceptors (Lipinski definition) is 4. The van der Waals surface area contributed by atoms with Crippen LogP contribution in [0.1, 0.15) is 17.4 Å². The molecule has 114 valence electrons. The number of aliphatic hydroxyl groups excluding tert-OH is 1. The highest BCUT2D eigenvalue weighted by Crippen LogP contribution is 2.35. The Labute approximate surface area is 130 Å². The van der Waals surface area contributed by atoms with Gasteiger partial charge >= 0.3 is 0 Å². The van der Waals surface area contributed by atoms with E-state index in [1.54, 1.807) is 24.1 Å². The maximum absolute atomic E-state index is 14.1. The normalized spacial score (nSPS) is 12.4. The summed E-state index contributed by atoms with van der Waals surface area (Å²) in [4.78, 5) is 0. The van der Waals surface area contributed by atoms with E-state index in [9.17, 15) is 9.50 Å². The van der Waals surface area contributed by atoms with Gasteiger partial charge in [0.25, 0.3) is 0 Å². The molecule has 0 radical (unpaired) electrons. The van der Waals surface area contributed by atoms with Gasteiger partial charge in [0.15, 0.2) is 0 Å². The molecule has 0 aliphatic heterocycles. The minimum Gasteiger partial charge on any atom is -0.496 e. The Kier molecular flexibility index (Phi) is 5.33. The smallest absolute Gasteiger partial charge is 0.133 e. The lowest BCUT2D eigenvalue weighted by Crippen LogP contribution is -2.15. The fraction of sp³-hybridized carbons (Fsp3) is 0.357. The second kappa shape index (κ2) is 7.02. The van der Waals surface area contributed by atoms with Crippen LogP contribution in [-0.4, -0.2) is 35.7 Å². The van der Waals surface area contributed by atoms with E-state index in [1.165, 1.54) is 19.2 Å². The van der Waals surface area contributed by atoms with Crippen LogP contribution in [0.4, 0.5) is 4.39 Å². The predicted molar refractivity (Wildman–Crippen MR) is 78.8 cm³/mol. The summed E-state index contributed by atoms with van der Waals surface area (Å²) >= 11 is 3.33. The molecule has 0 aliphatic carbocycles. The average molecular weight is 359 g/mol. The lowest BCUT2D eigenvalue weighted by molar-refractivity contribution is 0.168. The quantitative estimate of drug-likeness (QED) is 0.861. The molecule has 1 atom stereocenters. The summed E-state index contributed by atoms with van der Waals surface area (Å²) in [5.41, 5.74) is 0.537. The van der Waals surface area contributed by atoms with Gasteiger partial charge in [-0.05, 0) is 28.1 Å². The largest absolute Gasteiger partial charge is 0.496 e. The minimum absolute atomic E-state index is 0.0832. The molecule has 0 amide bonds. The molecular formula is C14H16BrFN2O3. The molecule has 1 heterocycles. The molecule has 1 N–H and O–H groups in total. The van der Waals surface area contributed by atoms with Crippen LogP contribution >= 0.6 is 15.9 Å². The molecule has 1 aromatic carbocycles. The van der Waals surface area contributed by atoms with Crippen molar-refractivity contribution in [1.82, 2.24) is 9.78 Å². The van der Waals surface area contributed by atoms with Crippen molar-refractivity contribution in [3.05, 3.63) is 45.9 Å². The van der Waals surface area contributed by atoms with Crippen LogP contribution < -0.4 is 4.74 Å². The predicted octanol–water partition coefficient (Wildman–Crippen LogP) is 2.52. The highest BCUT2D eigenvalue weighted by atomic mass is 79.9. The first-order valence-electron chi connectivity index (χ1n) is 6.30. The molecule has 0 aliphatic rings. The van der Waals surface area contributed by atoms with Gasteiger partial charge in [-0.3, -0.25) is 4.68 Å². The number of hydrogen-bond donors (Lipinski definition) is 1. The maximum Gasteiger partial charge on any atom is 0.133 e. The van der Waals surface area contributed by atoms with Gasteiger partial charge in [-0.2, -0.15) is 5.10 Å². The first-order chi connectivity index (χ1) is 10.1. The van der Waals surface area contributed by atoms with Crippen LogP contribution in [0.3, 0.4) is 0 Å². The zero-order chi connectivity index (χ0) is 15.4. The molecule has 2 rings (SSSR count). The van der Waals surface area contributed by atoms with E-state index in [-0.39, 0.29) is 11.3 Å². The Morgan fingerprint density at radius 2 is 2.19 bits per heavy atom. The molecule has 7 heteroatoms. The number of aromatic nitrogens is 2. The molecule has 2 aromatic rings. The van der Waals surface area contributed by atoms with Gasteiger partial charge in [0.2, 0.25) is 0 Å². The zero-order valence-corrected chi connectivity index (χ0v) is 13.3. The molecular weight excluding hydrogens is 343 g/mol. The topological polar surface area (TPSA) is 56.5 Å². The Morgan fingerprint density at radius 3 is 2.86 bits per heavy atom. The molecule has 5 nitrogen and oxygen atoms in total. The number of aliphatic hydroxyl groups is 1. The third-order valence-corrected chi connectivity index (χ3v) is 3.72. The second-order valence-corrected chi connectivity index (χ2v) is 5.21. The summed E-state index contributed by atoms with van der Waals surface area (Å²) < 4.78 is 26.4. The number of benzene rings is 1. The number of methoxy groups -OCH3 is 2. The van der Waals surface area contributed by atoms with E-state index in [0.29, 0.717) is 23.3 Å². The lowest BCUT2D eigenvalue weighted by atomic mass is 10.0. The third-order valence-electron chi connectivity index (χ3n) is 3.11. The maximum atomic E-state index is 14.1. The van der Waals surface area contributed by atoms with Gasteiger partial charge in [0.05, 0.1) is 42.2 Å². The first kappa shape index (κ1) is 15.9. The van der Waals surface area contributed by atoms with Crippen LogP contribution in [0, 0.1) is 5.82 Å². The Hall–Kier alpha value is -1.44. The summed E-state index contributed by atoms with van der Waals surface area (Å²) in [5.74, 6) is -0.248. The number of rotatable bonds is 6. The van der Waals surface area contributed by atoms with Crippen LogP contribution in [0.25, 0.3) is 0 Å². The van der Waals surface area contributed by atoms with Gasteiger partial charge in [0.1, 0.15) is 17.7 Å². The lowest BCUT2D eigenvalue weighted by Gasteiger charge is -2.17. The summed E-state index contributed by atoms with van der Waals surface area (Å²) in [6, 6.07) is 4.41. The monoisotopic (exact) mass is 358 g/mol. The standard InChI is InChI=1S/C14H16BrFN2O3/c1-20-7-6-18-13(9(15)8-17-18)14(19)12-10(16)4-3-5-11(12)21-2/h3-5,8,14,19H,6-7H2,1-2H3. The van der Waals surface area contributed by atoms with Crippen molar-refractivity contribution >= 4 is 15.9 Å². The average Bonchev–Trinajstić information content (AvgIpc) is 2.85. The van der Waals surface area contributed by atoms with E-state index in [0.717, 1.165) is 0 Å². The van der Waals surface area contributed by atoms with Crippen molar-refractivity contribution in [2.75, 3.05) is 20.8 Å². The van der Waals surface area contributed by atoms with Gasteiger partial charge in [-0.25, -0.2) is 4.39 Å². The van der Waals surface area contributed by atoms with Crippen LogP contribution in [-0.2, 0) is 11.3 Å². The first-order valence-corrected chi connectivity index (χ1v) is 7.10. The van der Waals surface area contributed by atoms with Gasteiger partial charge in [-0.1, -0.05) is 6.07 Å². The Balaban J connectivity index is 2.45. The number of halogens is 2. The second-order valence-electron chi connectivity index (χ2n) is 4.35. The summed E-state index contributed by atoms with van der Waals surface area (Å²) in [6.07, 6.45) is 0.358. The van der Waals surface area contributed by atoms with Gasteiger partial charge in [-0.15, -0.1) is 0 Å². The Morgan fingerprint density at radius 1 is 1.43 bits per heavy atom. The van der Waals surface area contributed by atoms with Crippen LogP contribution in [0.5, 0.6) is 5.75 Å². The van der Waals surface area contributed by atoms with Crippen molar-refractivity contribution in [2.24, 2.45) is 0 Å². The summed E-state index contributed by atoms with van der Waals surface area (Å²) in [6.45, 7) is 0.882. The van der Waals surface area contributed by atoms with Crippen molar-refractivity contribution in [2.45, 2.75) is 12.6 Å². The molecule has 1 unspecified atom stereocenters. The van der Waals surface area contributed by atoms with E-state index < -0.39 is 11.9 Å².